The van der Waals surface area contributed by atoms with Crippen molar-refractivity contribution in [2.45, 2.75) is 9.79 Å². The van der Waals surface area contributed by atoms with E-state index < -0.39 is 33.3 Å². The monoisotopic (exact) mass is 518 g/mol. The van der Waals surface area contributed by atoms with Gasteiger partial charge in [0.1, 0.15) is 23.8 Å². The molecular weight excluding hydrogens is 492 g/mol. The van der Waals surface area contributed by atoms with Crippen molar-refractivity contribution in [3.63, 3.8) is 0 Å². The van der Waals surface area contributed by atoms with E-state index in [-0.39, 0.29) is 16.3 Å². The van der Waals surface area contributed by atoms with Crippen LogP contribution in [-0.4, -0.2) is 52.7 Å². The molecule has 9 nitrogen and oxygen atoms in total. The zero-order valence-corrected chi connectivity index (χ0v) is 21.3. The van der Waals surface area contributed by atoms with E-state index >= 15 is 0 Å². The molecule has 0 aliphatic rings. The van der Waals surface area contributed by atoms with Crippen LogP contribution in [-0.2, 0) is 25.6 Å². The average molecular weight is 519 g/mol. The summed E-state index contributed by atoms with van der Waals surface area (Å²) in [7, 11) is -1.12. The highest BCUT2D eigenvalue weighted by Crippen LogP contribution is 2.33. The summed E-state index contributed by atoms with van der Waals surface area (Å²) in [5, 5.41) is 2.69. The topological polar surface area (TPSA) is 111 Å². The molecule has 0 aliphatic heterocycles. The molecule has 35 heavy (non-hydrogen) atoms. The van der Waals surface area contributed by atoms with Gasteiger partial charge in [-0.3, -0.25) is 13.3 Å². The molecule has 0 radical (unpaired) electrons. The number of para-hydroxylation sites is 2. The van der Waals surface area contributed by atoms with Gasteiger partial charge in [0.05, 0.1) is 37.6 Å². The maximum atomic E-state index is 13.7. The minimum absolute atomic E-state index is 0.0654. The van der Waals surface area contributed by atoms with E-state index in [1.807, 2.05) is 0 Å². The normalized spacial score (nSPS) is 11.9. The molecule has 0 saturated heterocycles. The van der Waals surface area contributed by atoms with Crippen LogP contribution in [0.2, 0.25) is 0 Å². The van der Waals surface area contributed by atoms with Crippen molar-refractivity contribution in [3.05, 3.63) is 66.7 Å². The molecule has 0 fully saturated rings. The van der Waals surface area contributed by atoms with E-state index in [2.05, 4.69) is 5.32 Å². The second kappa shape index (κ2) is 11.2. The predicted octanol–water partition coefficient (Wildman–Crippen LogP) is 3.28. The first-order valence-corrected chi connectivity index (χ1v) is 13.3. The first kappa shape index (κ1) is 26.0. The molecule has 0 spiro atoms. The summed E-state index contributed by atoms with van der Waals surface area (Å²) in [6, 6.07) is 17.0. The number of anilines is 2. The van der Waals surface area contributed by atoms with E-state index in [1.54, 1.807) is 42.5 Å². The lowest BCUT2D eigenvalue weighted by molar-refractivity contribution is -0.114. The van der Waals surface area contributed by atoms with Crippen LogP contribution >= 0.6 is 0 Å². The zero-order valence-electron chi connectivity index (χ0n) is 19.7. The molecule has 1 amide bonds. The van der Waals surface area contributed by atoms with Gasteiger partial charge in [0.15, 0.2) is 0 Å². The third-order valence-corrected chi connectivity index (χ3v) is 7.78. The Balaban J connectivity index is 2.01. The number of carbonyl (C=O) groups is 1. The number of carbonyl (C=O) groups excluding carboxylic acids is 1. The van der Waals surface area contributed by atoms with Gasteiger partial charge in [-0.25, -0.2) is 8.42 Å². The molecular formula is C24H26N2O7S2. The van der Waals surface area contributed by atoms with Gasteiger partial charge >= 0.3 is 0 Å². The minimum Gasteiger partial charge on any atom is -0.497 e. The standard InChI is InChI=1S/C24H26N2O7S2/c1-31-17-9-14-22(32-2)20(15-17)25-24(27)16-26(21-7-5-6-8-23(21)33-3)35(29,30)19-12-10-18(11-13-19)34(4)28/h5-15H,16H2,1-4H3,(H,25,27). The molecule has 0 saturated carbocycles. The van der Waals surface area contributed by atoms with E-state index in [0.29, 0.717) is 22.1 Å². The summed E-state index contributed by atoms with van der Waals surface area (Å²) < 4.78 is 55.9. The minimum atomic E-state index is -4.21. The van der Waals surface area contributed by atoms with Crippen molar-refractivity contribution in [3.8, 4) is 17.2 Å². The smallest absolute Gasteiger partial charge is 0.264 e. The maximum Gasteiger partial charge on any atom is 0.264 e. The number of nitrogens with one attached hydrogen (secondary N) is 1. The Bertz CT molecular complexity index is 1330. The Morgan fingerprint density at radius 1 is 0.914 bits per heavy atom. The van der Waals surface area contributed by atoms with Crippen LogP contribution in [0.3, 0.4) is 0 Å². The first-order valence-electron chi connectivity index (χ1n) is 10.3. The number of methoxy groups -OCH3 is 3. The second-order valence-corrected chi connectivity index (χ2v) is 10.5. The van der Waals surface area contributed by atoms with Crippen LogP contribution < -0.4 is 23.8 Å². The van der Waals surface area contributed by atoms with Gasteiger partial charge in [0.25, 0.3) is 10.0 Å². The van der Waals surface area contributed by atoms with Gasteiger partial charge < -0.3 is 19.5 Å². The molecule has 186 valence electrons. The summed E-state index contributed by atoms with van der Waals surface area (Å²) in [5.74, 6) is 0.532. The Labute approximate surface area is 207 Å². The number of hydrogen-bond donors (Lipinski definition) is 1. The SMILES string of the molecule is COc1ccc(OC)c(NC(=O)CN(c2ccccc2OC)S(=O)(=O)c2ccc(S(C)=O)cc2)c1. The van der Waals surface area contributed by atoms with Crippen LogP contribution in [0.5, 0.6) is 17.2 Å². The third kappa shape index (κ3) is 5.92. The Morgan fingerprint density at radius 2 is 1.57 bits per heavy atom. The van der Waals surface area contributed by atoms with Crippen molar-refractivity contribution in [1.29, 1.82) is 0 Å². The first-order chi connectivity index (χ1) is 16.7. The number of rotatable bonds is 10. The number of nitrogens with zero attached hydrogens (tertiary/aromatic N) is 1. The number of sulfonamides is 1. The molecule has 1 atom stereocenters. The number of amides is 1. The van der Waals surface area contributed by atoms with Crippen LogP contribution in [0.25, 0.3) is 0 Å². The van der Waals surface area contributed by atoms with Gasteiger partial charge in [-0.15, -0.1) is 0 Å². The van der Waals surface area contributed by atoms with Gasteiger partial charge in [-0.1, -0.05) is 12.1 Å². The Hall–Kier alpha value is -3.57. The van der Waals surface area contributed by atoms with Gasteiger partial charge in [-0.05, 0) is 48.5 Å². The van der Waals surface area contributed by atoms with Crippen LogP contribution in [0.4, 0.5) is 11.4 Å². The summed E-state index contributed by atoms with van der Waals surface area (Å²) in [4.78, 5) is 13.5. The molecule has 3 aromatic rings. The highest BCUT2D eigenvalue weighted by atomic mass is 32.2. The highest BCUT2D eigenvalue weighted by molar-refractivity contribution is 7.93. The quantitative estimate of drug-likeness (QED) is 0.438. The lowest BCUT2D eigenvalue weighted by Gasteiger charge is -2.26. The molecule has 0 aliphatic carbocycles. The fourth-order valence-electron chi connectivity index (χ4n) is 3.30. The molecule has 0 heterocycles. The summed E-state index contributed by atoms with van der Waals surface area (Å²) in [6.45, 7) is -0.551. The van der Waals surface area contributed by atoms with Crippen LogP contribution in [0, 0.1) is 0 Å². The zero-order chi connectivity index (χ0) is 25.6. The van der Waals surface area contributed by atoms with Crippen LogP contribution in [0.15, 0.2) is 76.5 Å². The van der Waals surface area contributed by atoms with Gasteiger partial charge in [-0.2, -0.15) is 0 Å². The lowest BCUT2D eigenvalue weighted by atomic mass is 10.2. The second-order valence-electron chi connectivity index (χ2n) is 7.22. The molecule has 1 unspecified atom stereocenters. The predicted molar refractivity (Wildman–Crippen MR) is 134 cm³/mol. The molecule has 3 aromatic carbocycles. The van der Waals surface area contributed by atoms with E-state index in [0.717, 1.165) is 4.31 Å². The molecule has 3 rings (SSSR count). The van der Waals surface area contributed by atoms with E-state index in [1.165, 1.54) is 51.9 Å². The Morgan fingerprint density at radius 3 is 2.17 bits per heavy atom. The third-order valence-electron chi connectivity index (χ3n) is 5.07. The van der Waals surface area contributed by atoms with E-state index in [9.17, 15) is 17.4 Å². The average Bonchev–Trinajstić information content (AvgIpc) is 2.87. The van der Waals surface area contributed by atoms with Crippen molar-refractivity contribution in [1.82, 2.24) is 0 Å². The van der Waals surface area contributed by atoms with Gasteiger partial charge in [0, 0.05) is 28.0 Å². The molecule has 0 bridgehead atoms. The van der Waals surface area contributed by atoms with E-state index in [4.69, 9.17) is 14.2 Å². The Kier molecular flexibility index (Phi) is 8.36. The maximum absolute atomic E-state index is 13.7. The van der Waals surface area contributed by atoms with Crippen LogP contribution in [0.1, 0.15) is 0 Å². The number of hydrogen-bond acceptors (Lipinski definition) is 7. The lowest BCUT2D eigenvalue weighted by Crippen LogP contribution is -2.38. The van der Waals surface area contributed by atoms with Crippen molar-refractivity contribution in [2.75, 3.05) is 43.8 Å². The fourth-order valence-corrected chi connectivity index (χ4v) is 5.25. The number of benzene rings is 3. The van der Waals surface area contributed by atoms with Gasteiger partial charge in [0.2, 0.25) is 5.91 Å². The van der Waals surface area contributed by atoms with Crippen molar-refractivity contribution < 1.29 is 31.6 Å². The summed E-state index contributed by atoms with van der Waals surface area (Å²) in [6.07, 6.45) is 1.50. The van der Waals surface area contributed by atoms with Crippen molar-refractivity contribution >= 4 is 38.1 Å². The molecule has 0 aromatic heterocycles. The summed E-state index contributed by atoms with van der Waals surface area (Å²) in [5.41, 5.74) is 0.509. The fraction of sp³-hybridized carbons (Fsp3) is 0.208. The van der Waals surface area contributed by atoms with Crippen molar-refractivity contribution in [2.24, 2.45) is 0 Å². The summed E-state index contributed by atoms with van der Waals surface area (Å²) >= 11 is 0. The molecule has 1 N–H and O–H groups in total. The highest BCUT2D eigenvalue weighted by Gasteiger charge is 2.29. The molecule has 11 heteroatoms. The number of ether oxygens (including phenoxy) is 3. The largest absolute Gasteiger partial charge is 0.497 e.